The van der Waals surface area contributed by atoms with E-state index < -0.39 is 0 Å². The Balaban J connectivity index is 1.47. The molecule has 0 spiro atoms. The van der Waals surface area contributed by atoms with Crippen LogP contribution in [-0.2, 0) is 11.2 Å². The van der Waals surface area contributed by atoms with Crippen molar-refractivity contribution in [2.75, 3.05) is 26.2 Å². The van der Waals surface area contributed by atoms with Crippen LogP contribution in [0.3, 0.4) is 0 Å². The fraction of sp³-hybridized carbons (Fsp3) is 0.529. The molecular formula is C17H24N4O2. The summed E-state index contributed by atoms with van der Waals surface area (Å²) in [6.07, 6.45) is 2.91. The summed E-state index contributed by atoms with van der Waals surface area (Å²) in [5, 5.41) is 2.98. The van der Waals surface area contributed by atoms with Gasteiger partial charge in [0.1, 0.15) is 5.82 Å². The van der Waals surface area contributed by atoms with Gasteiger partial charge < -0.3 is 19.9 Å². The Hall–Kier alpha value is -2.08. The van der Waals surface area contributed by atoms with Gasteiger partial charge in [-0.1, -0.05) is 12.1 Å². The number of H-pyrrole nitrogens is 1. The molecule has 124 valence electrons. The second kappa shape index (κ2) is 7.46. The minimum Gasteiger partial charge on any atom is -0.377 e. The molecule has 2 aromatic rings. The number of likely N-dealkylation sites (tertiary alicyclic amines) is 1. The summed E-state index contributed by atoms with van der Waals surface area (Å²) >= 11 is 0. The van der Waals surface area contributed by atoms with Crippen LogP contribution in [-0.4, -0.2) is 53.2 Å². The third kappa shape index (κ3) is 4.01. The SMILES string of the molecule is CCO[C@@H]1CCCN(C(=O)NCCc2nc3ccccc3[nH]2)C1. The Labute approximate surface area is 136 Å². The molecule has 0 saturated carbocycles. The van der Waals surface area contributed by atoms with E-state index in [0.29, 0.717) is 26.1 Å². The molecule has 1 aromatic heterocycles. The number of carbonyl (C=O) groups excluding carboxylic acids is 1. The van der Waals surface area contributed by atoms with Crippen LogP contribution in [0.25, 0.3) is 11.0 Å². The molecule has 0 radical (unpaired) electrons. The van der Waals surface area contributed by atoms with Gasteiger partial charge in [-0.3, -0.25) is 0 Å². The monoisotopic (exact) mass is 316 g/mol. The number of urea groups is 1. The molecule has 6 heteroatoms. The molecule has 1 aliphatic rings. The van der Waals surface area contributed by atoms with E-state index in [4.69, 9.17) is 4.74 Å². The second-order valence-corrected chi connectivity index (χ2v) is 5.85. The van der Waals surface area contributed by atoms with Gasteiger partial charge in [0.25, 0.3) is 0 Å². The van der Waals surface area contributed by atoms with Crippen molar-refractivity contribution in [2.24, 2.45) is 0 Å². The fourth-order valence-corrected chi connectivity index (χ4v) is 3.02. The number of fused-ring (bicyclic) bond motifs is 1. The highest BCUT2D eigenvalue weighted by Crippen LogP contribution is 2.13. The van der Waals surface area contributed by atoms with E-state index in [2.05, 4.69) is 15.3 Å². The first-order valence-electron chi connectivity index (χ1n) is 8.34. The number of ether oxygens (including phenoxy) is 1. The van der Waals surface area contributed by atoms with E-state index in [9.17, 15) is 4.79 Å². The van der Waals surface area contributed by atoms with Crippen LogP contribution in [0.2, 0.25) is 0 Å². The van der Waals surface area contributed by atoms with Crippen LogP contribution in [0.4, 0.5) is 4.79 Å². The predicted molar refractivity (Wildman–Crippen MR) is 89.4 cm³/mol. The number of benzene rings is 1. The van der Waals surface area contributed by atoms with Gasteiger partial charge in [0.05, 0.1) is 17.1 Å². The van der Waals surface area contributed by atoms with Crippen LogP contribution in [0.15, 0.2) is 24.3 Å². The van der Waals surface area contributed by atoms with Crippen LogP contribution in [0, 0.1) is 0 Å². The number of hydrogen-bond acceptors (Lipinski definition) is 3. The molecule has 1 fully saturated rings. The Morgan fingerprint density at radius 2 is 2.35 bits per heavy atom. The van der Waals surface area contributed by atoms with Crippen LogP contribution in [0.1, 0.15) is 25.6 Å². The second-order valence-electron chi connectivity index (χ2n) is 5.85. The van der Waals surface area contributed by atoms with Crippen molar-refractivity contribution in [3.63, 3.8) is 0 Å². The smallest absolute Gasteiger partial charge is 0.317 e. The third-order valence-corrected chi connectivity index (χ3v) is 4.14. The Morgan fingerprint density at radius 3 is 3.17 bits per heavy atom. The third-order valence-electron chi connectivity index (χ3n) is 4.14. The van der Waals surface area contributed by atoms with Crippen molar-refractivity contribution >= 4 is 17.1 Å². The lowest BCUT2D eigenvalue weighted by Crippen LogP contribution is -2.48. The summed E-state index contributed by atoms with van der Waals surface area (Å²) in [6.45, 7) is 4.76. The van der Waals surface area contributed by atoms with E-state index in [1.165, 1.54) is 0 Å². The molecule has 6 nitrogen and oxygen atoms in total. The van der Waals surface area contributed by atoms with Crippen molar-refractivity contribution in [1.29, 1.82) is 0 Å². The van der Waals surface area contributed by atoms with E-state index in [0.717, 1.165) is 36.2 Å². The maximum atomic E-state index is 12.2. The summed E-state index contributed by atoms with van der Waals surface area (Å²) in [5.41, 5.74) is 1.99. The minimum atomic E-state index is -0.00878. The molecule has 1 aromatic carbocycles. The van der Waals surface area contributed by atoms with Gasteiger partial charge in [0, 0.05) is 32.7 Å². The molecule has 1 atom stereocenters. The zero-order valence-corrected chi connectivity index (χ0v) is 13.5. The molecule has 0 bridgehead atoms. The van der Waals surface area contributed by atoms with Crippen molar-refractivity contribution in [3.05, 3.63) is 30.1 Å². The topological polar surface area (TPSA) is 70.2 Å². The van der Waals surface area contributed by atoms with Crippen molar-refractivity contribution in [3.8, 4) is 0 Å². The zero-order chi connectivity index (χ0) is 16.1. The van der Waals surface area contributed by atoms with Crippen LogP contribution >= 0.6 is 0 Å². The number of hydrogen-bond donors (Lipinski definition) is 2. The van der Waals surface area contributed by atoms with E-state index in [1.807, 2.05) is 36.1 Å². The molecule has 3 rings (SSSR count). The first-order valence-corrected chi connectivity index (χ1v) is 8.34. The lowest BCUT2D eigenvalue weighted by atomic mass is 10.1. The lowest BCUT2D eigenvalue weighted by molar-refractivity contribution is 0.0165. The standard InChI is InChI=1S/C17H24N4O2/c1-2-23-13-6-5-11-21(12-13)17(22)18-10-9-16-19-14-7-3-4-8-15(14)20-16/h3-4,7-8,13H,2,5-6,9-12H2,1H3,(H,18,22)(H,19,20)/t13-/m1/s1. The molecule has 2 heterocycles. The number of aromatic amines is 1. The summed E-state index contributed by atoms with van der Waals surface area (Å²) in [7, 11) is 0. The number of piperidine rings is 1. The zero-order valence-electron chi connectivity index (χ0n) is 13.5. The molecule has 23 heavy (non-hydrogen) atoms. The number of aromatic nitrogens is 2. The number of imidazole rings is 1. The van der Waals surface area contributed by atoms with Gasteiger partial charge in [-0.05, 0) is 31.9 Å². The maximum absolute atomic E-state index is 12.2. The molecular weight excluding hydrogens is 292 g/mol. The highest BCUT2D eigenvalue weighted by Gasteiger charge is 2.23. The van der Waals surface area contributed by atoms with Crippen LogP contribution in [0.5, 0.6) is 0 Å². The van der Waals surface area contributed by atoms with Crippen molar-refractivity contribution in [2.45, 2.75) is 32.3 Å². The Bertz CT molecular complexity index is 620. The summed E-state index contributed by atoms with van der Waals surface area (Å²) in [6, 6.07) is 7.93. The minimum absolute atomic E-state index is 0.00878. The number of amides is 2. The summed E-state index contributed by atoms with van der Waals surface area (Å²) in [4.78, 5) is 21.9. The average molecular weight is 316 g/mol. The quantitative estimate of drug-likeness (QED) is 0.889. The number of rotatable bonds is 5. The van der Waals surface area contributed by atoms with E-state index in [1.54, 1.807) is 0 Å². The number of para-hydroxylation sites is 2. The first kappa shape index (κ1) is 15.8. The normalized spacial score (nSPS) is 18.3. The molecule has 2 amide bonds. The van der Waals surface area contributed by atoms with Gasteiger partial charge in [0.15, 0.2) is 0 Å². The van der Waals surface area contributed by atoms with Gasteiger partial charge in [-0.15, -0.1) is 0 Å². The van der Waals surface area contributed by atoms with E-state index >= 15 is 0 Å². The largest absolute Gasteiger partial charge is 0.377 e. The number of carbonyl (C=O) groups is 1. The number of nitrogens with zero attached hydrogens (tertiary/aromatic N) is 2. The molecule has 1 aliphatic heterocycles. The highest BCUT2D eigenvalue weighted by atomic mass is 16.5. The Morgan fingerprint density at radius 1 is 1.48 bits per heavy atom. The van der Waals surface area contributed by atoms with Gasteiger partial charge >= 0.3 is 6.03 Å². The van der Waals surface area contributed by atoms with Gasteiger partial charge in [-0.25, -0.2) is 9.78 Å². The van der Waals surface area contributed by atoms with Gasteiger partial charge in [0.2, 0.25) is 0 Å². The first-order chi connectivity index (χ1) is 11.3. The molecule has 1 saturated heterocycles. The lowest BCUT2D eigenvalue weighted by Gasteiger charge is -2.32. The summed E-state index contributed by atoms with van der Waals surface area (Å²) < 4.78 is 5.63. The number of nitrogens with one attached hydrogen (secondary N) is 2. The maximum Gasteiger partial charge on any atom is 0.317 e. The van der Waals surface area contributed by atoms with Crippen molar-refractivity contribution in [1.82, 2.24) is 20.2 Å². The van der Waals surface area contributed by atoms with Gasteiger partial charge in [-0.2, -0.15) is 0 Å². The predicted octanol–water partition coefficient (Wildman–Crippen LogP) is 2.32. The molecule has 0 unspecified atom stereocenters. The fourth-order valence-electron chi connectivity index (χ4n) is 3.02. The Kier molecular flexibility index (Phi) is 5.12. The van der Waals surface area contributed by atoms with Crippen LogP contribution < -0.4 is 5.32 Å². The summed E-state index contributed by atoms with van der Waals surface area (Å²) in [5.74, 6) is 0.900. The average Bonchev–Trinajstić information content (AvgIpc) is 2.98. The molecule has 0 aliphatic carbocycles. The highest BCUT2D eigenvalue weighted by molar-refractivity contribution is 5.75. The van der Waals surface area contributed by atoms with Crippen molar-refractivity contribution < 1.29 is 9.53 Å². The van der Waals surface area contributed by atoms with E-state index in [-0.39, 0.29) is 12.1 Å². The molecule has 2 N–H and O–H groups in total.